The van der Waals surface area contributed by atoms with Crippen molar-refractivity contribution in [3.63, 3.8) is 0 Å². The van der Waals surface area contributed by atoms with E-state index in [0.717, 1.165) is 16.5 Å². The Balaban J connectivity index is 1.26. The molecule has 2 heterocycles. The number of fused-ring (bicyclic) bond motifs is 1. The van der Waals surface area contributed by atoms with Gasteiger partial charge in [-0.05, 0) is 68.7 Å². The lowest BCUT2D eigenvalue weighted by molar-refractivity contribution is -0.111. The fourth-order valence-electron chi connectivity index (χ4n) is 4.39. The number of aromatic nitrogens is 3. The Hall–Kier alpha value is -4.99. The molecule has 3 aromatic carbocycles. The van der Waals surface area contributed by atoms with E-state index in [1.165, 1.54) is 6.08 Å². The fraction of sp³-hybridized carbons (Fsp3) is 0.125. The Kier molecular flexibility index (Phi) is 8.61. The van der Waals surface area contributed by atoms with E-state index in [0.29, 0.717) is 45.8 Å². The van der Waals surface area contributed by atoms with E-state index in [2.05, 4.69) is 20.9 Å². The Morgan fingerprint density at radius 1 is 0.952 bits per heavy atom. The predicted octanol–water partition coefficient (Wildman–Crippen LogP) is 6.34. The van der Waals surface area contributed by atoms with Crippen LogP contribution in [-0.2, 0) is 11.8 Å². The number of benzene rings is 3. The van der Waals surface area contributed by atoms with Gasteiger partial charge in [-0.25, -0.2) is 9.97 Å². The number of nitrogens with zero attached hydrogens (tertiary/aromatic N) is 4. The van der Waals surface area contributed by atoms with E-state index in [4.69, 9.17) is 16.6 Å². The molecule has 0 saturated heterocycles. The molecule has 0 unspecified atom stereocenters. The number of likely N-dealkylation sites (N-methyl/N-ethyl adjacent to an activating group) is 1. The lowest BCUT2D eigenvalue weighted by atomic mass is 10.1. The fourth-order valence-corrected chi connectivity index (χ4v) is 4.58. The molecule has 10 heteroatoms. The molecule has 5 rings (SSSR count). The van der Waals surface area contributed by atoms with Crippen molar-refractivity contribution in [3.8, 4) is 11.3 Å². The monoisotopic (exact) mass is 579 g/mol. The molecule has 212 valence electrons. The predicted molar refractivity (Wildman–Crippen MR) is 169 cm³/mol. The third-order valence-electron chi connectivity index (χ3n) is 6.46. The van der Waals surface area contributed by atoms with Gasteiger partial charge in [0.2, 0.25) is 11.9 Å². The van der Waals surface area contributed by atoms with Crippen LogP contribution < -0.4 is 16.0 Å². The first kappa shape index (κ1) is 28.5. The maximum absolute atomic E-state index is 12.9. The number of carbonyl (C=O) groups excluding carboxylic acids is 2. The summed E-state index contributed by atoms with van der Waals surface area (Å²) >= 11 is 6.51. The van der Waals surface area contributed by atoms with Gasteiger partial charge in [-0.2, -0.15) is 0 Å². The van der Waals surface area contributed by atoms with Gasteiger partial charge in [0.15, 0.2) is 0 Å². The smallest absolute Gasteiger partial charge is 0.255 e. The third-order valence-corrected chi connectivity index (χ3v) is 6.73. The van der Waals surface area contributed by atoms with Gasteiger partial charge < -0.3 is 25.4 Å². The maximum Gasteiger partial charge on any atom is 0.255 e. The van der Waals surface area contributed by atoms with Crippen LogP contribution in [-0.4, -0.2) is 51.9 Å². The number of aryl methyl sites for hydroxylation is 1. The lowest BCUT2D eigenvalue weighted by Crippen LogP contribution is -2.13. The molecule has 9 nitrogen and oxygen atoms in total. The summed E-state index contributed by atoms with van der Waals surface area (Å²) < 4.78 is 2.05. The van der Waals surface area contributed by atoms with Crippen molar-refractivity contribution in [3.05, 3.63) is 108 Å². The highest BCUT2D eigenvalue weighted by atomic mass is 35.5. The minimum Gasteiger partial charge on any atom is -0.351 e. The normalized spacial score (nSPS) is 11.3. The molecule has 0 aliphatic heterocycles. The molecule has 42 heavy (non-hydrogen) atoms. The first-order valence-electron chi connectivity index (χ1n) is 13.2. The number of amides is 2. The van der Waals surface area contributed by atoms with Gasteiger partial charge in [0, 0.05) is 65.0 Å². The van der Waals surface area contributed by atoms with Crippen molar-refractivity contribution in [2.45, 2.75) is 0 Å². The summed E-state index contributed by atoms with van der Waals surface area (Å²) in [6, 6.07) is 22.0. The van der Waals surface area contributed by atoms with Crippen LogP contribution in [0.2, 0.25) is 5.02 Å². The molecule has 2 amide bonds. The van der Waals surface area contributed by atoms with E-state index in [1.54, 1.807) is 48.7 Å². The molecular weight excluding hydrogens is 550 g/mol. The van der Waals surface area contributed by atoms with Crippen molar-refractivity contribution in [1.82, 2.24) is 19.4 Å². The molecule has 0 spiro atoms. The Morgan fingerprint density at radius 3 is 2.50 bits per heavy atom. The molecular formula is C32H30ClN7O2. The topological polar surface area (TPSA) is 104 Å². The van der Waals surface area contributed by atoms with Crippen molar-refractivity contribution in [1.29, 1.82) is 0 Å². The molecule has 0 aliphatic carbocycles. The molecule has 5 aromatic rings. The summed E-state index contributed by atoms with van der Waals surface area (Å²) in [6.07, 6.45) is 6.84. The van der Waals surface area contributed by atoms with Crippen LogP contribution in [0.1, 0.15) is 10.4 Å². The number of halogens is 1. The first-order chi connectivity index (χ1) is 20.3. The second kappa shape index (κ2) is 12.7. The van der Waals surface area contributed by atoms with Crippen LogP contribution in [0.5, 0.6) is 0 Å². The van der Waals surface area contributed by atoms with E-state index in [1.807, 2.05) is 73.2 Å². The second-order valence-electron chi connectivity index (χ2n) is 9.95. The van der Waals surface area contributed by atoms with E-state index in [9.17, 15) is 9.59 Å². The first-order valence-corrected chi connectivity index (χ1v) is 13.6. The van der Waals surface area contributed by atoms with Crippen molar-refractivity contribution in [2.75, 3.05) is 36.6 Å². The zero-order chi connectivity index (χ0) is 29.6. The van der Waals surface area contributed by atoms with E-state index in [-0.39, 0.29) is 11.8 Å². The summed E-state index contributed by atoms with van der Waals surface area (Å²) in [5.41, 5.74) is 4.96. The lowest BCUT2D eigenvalue weighted by Gasteiger charge is -2.11. The van der Waals surface area contributed by atoms with Crippen molar-refractivity contribution in [2.24, 2.45) is 7.05 Å². The molecule has 3 N–H and O–H groups in total. The van der Waals surface area contributed by atoms with Crippen LogP contribution in [0.15, 0.2) is 97.3 Å². The standard InChI is InChI=1S/C32H30ClN7O2/c1-39(2)17-6-11-29(41)35-22-14-12-21(13-15-22)31(42)36-23-7-4-8-24(19-23)37-32-34-20-27(33)30(38-32)26-9-5-10-28-25(26)16-18-40(28)3/h4-16,18-20H,17H2,1-3H3,(H,35,41)(H,36,42)(H,34,37,38)/b11-6+. The number of hydrogen-bond donors (Lipinski definition) is 3. The number of nitrogens with one attached hydrogen (secondary N) is 3. The summed E-state index contributed by atoms with van der Waals surface area (Å²) in [5, 5.41) is 10.4. The quantitative estimate of drug-likeness (QED) is 0.176. The number of rotatable bonds is 9. The van der Waals surface area contributed by atoms with Crippen LogP contribution in [0.3, 0.4) is 0 Å². The number of anilines is 4. The van der Waals surface area contributed by atoms with Crippen molar-refractivity contribution < 1.29 is 9.59 Å². The largest absolute Gasteiger partial charge is 0.351 e. The van der Waals surface area contributed by atoms with E-state index < -0.39 is 0 Å². The summed E-state index contributed by atoms with van der Waals surface area (Å²) in [4.78, 5) is 36.0. The summed E-state index contributed by atoms with van der Waals surface area (Å²) in [6.45, 7) is 0.669. The van der Waals surface area contributed by atoms with Gasteiger partial charge in [0.1, 0.15) is 0 Å². The molecule has 0 saturated carbocycles. The molecule has 0 radical (unpaired) electrons. The van der Waals surface area contributed by atoms with Crippen LogP contribution >= 0.6 is 11.6 Å². The van der Waals surface area contributed by atoms with Crippen LogP contribution in [0.4, 0.5) is 23.0 Å². The van der Waals surface area contributed by atoms with Crippen molar-refractivity contribution >= 4 is 57.3 Å². The highest BCUT2D eigenvalue weighted by molar-refractivity contribution is 6.33. The van der Waals surface area contributed by atoms with Gasteiger partial charge in [-0.3, -0.25) is 9.59 Å². The molecule has 2 aromatic heterocycles. The highest BCUT2D eigenvalue weighted by Gasteiger charge is 2.13. The molecule has 0 aliphatic rings. The zero-order valence-corrected chi connectivity index (χ0v) is 24.2. The Bertz CT molecular complexity index is 1780. The summed E-state index contributed by atoms with van der Waals surface area (Å²) in [5.74, 6) is -0.135. The third kappa shape index (κ3) is 6.83. The van der Waals surface area contributed by atoms with Gasteiger partial charge in [0.25, 0.3) is 5.91 Å². The minimum atomic E-state index is -0.281. The SMILES string of the molecule is CN(C)C/C=C/C(=O)Nc1ccc(C(=O)Nc2cccc(Nc3ncc(Cl)c(-c4cccc5c4ccn5C)n3)c2)cc1. The Morgan fingerprint density at radius 2 is 1.71 bits per heavy atom. The second-order valence-corrected chi connectivity index (χ2v) is 10.4. The number of carbonyl (C=O) groups is 2. The summed E-state index contributed by atoms with van der Waals surface area (Å²) in [7, 11) is 5.85. The van der Waals surface area contributed by atoms with Crippen LogP contribution in [0, 0.1) is 0 Å². The van der Waals surface area contributed by atoms with Crippen LogP contribution in [0.25, 0.3) is 22.2 Å². The Labute approximate surface area is 248 Å². The minimum absolute atomic E-state index is 0.229. The van der Waals surface area contributed by atoms with Gasteiger partial charge >= 0.3 is 0 Å². The zero-order valence-electron chi connectivity index (χ0n) is 23.4. The molecule has 0 atom stereocenters. The van der Waals surface area contributed by atoms with E-state index >= 15 is 0 Å². The van der Waals surface area contributed by atoms with Gasteiger partial charge in [-0.15, -0.1) is 0 Å². The average molecular weight is 580 g/mol. The van der Waals surface area contributed by atoms with Gasteiger partial charge in [0.05, 0.1) is 16.9 Å². The highest BCUT2D eigenvalue weighted by Crippen LogP contribution is 2.33. The molecule has 0 fully saturated rings. The molecule has 0 bridgehead atoms. The maximum atomic E-state index is 12.9. The van der Waals surface area contributed by atoms with Gasteiger partial charge in [-0.1, -0.05) is 35.9 Å². The number of hydrogen-bond acceptors (Lipinski definition) is 6. The average Bonchev–Trinajstić information content (AvgIpc) is 3.35.